The second-order valence-corrected chi connectivity index (χ2v) is 6.54. The first-order chi connectivity index (χ1) is 8.64. The fourth-order valence-electron chi connectivity index (χ4n) is 1.93. The van der Waals surface area contributed by atoms with Crippen LogP contribution in [0.3, 0.4) is 0 Å². The first kappa shape index (κ1) is 14.3. The van der Waals surface area contributed by atoms with Crippen molar-refractivity contribution in [3.63, 3.8) is 0 Å². The Balaban J connectivity index is 2.37. The smallest absolute Gasteiger partial charge is 0.282 e. The van der Waals surface area contributed by atoms with Crippen LogP contribution in [0.25, 0.3) is 0 Å². The van der Waals surface area contributed by atoms with Gasteiger partial charge in [-0.05, 0) is 0 Å². The minimum atomic E-state index is -4.59. The number of halogens is 3. The Morgan fingerprint density at radius 2 is 2.00 bits per heavy atom. The Hall–Kier alpha value is -1.13. The van der Waals surface area contributed by atoms with Crippen LogP contribution < -0.4 is 0 Å². The van der Waals surface area contributed by atoms with Crippen LogP contribution in [-0.2, 0) is 29.4 Å². The summed E-state index contributed by atoms with van der Waals surface area (Å²) in [7, 11) is -1.05. The van der Waals surface area contributed by atoms with Crippen molar-refractivity contribution in [1.29, 1.82) is 0 Å². The van der Waals surface area contributed by atoms with Crippen molar-refractivity contribution < 1.29 is 21.6 Å². The van der Waals surface area contributed by atoms with Gasteiger partial charge in [-0.15, -0.1) is 0 Å². The number of aromatic amines is 1. The summed E-state index contributed by atoms with van der Waals surface area (Å²) in [5.41, 5.74) is -0.789. The summed E-state index contributed by atoms with van der Waals surface area (Å²) in [6, 6.07) is 0. The number of nitrogens with zero attached hydrogens (tertiary/aromatic N) is 3. The van der Waals surface area contributed by atoms with E-state index in [9.17, 15) is 21.6 Å². The van der Waals surface area contributed by atoms with Gasteiger partial charge in [-0.1, -0.05) is 0 Å². The van der Waals surface area contributed by atoms with E-state index in [2.05, 4.69) is 10.2 Å². The van der Waals surface area contributed by atoms with Crippen LogP contribution >= 0.6 is 0 Å². The van der Waals surface area contributed by atoms with Crippen molar-refractivity contribution in [3.05, 3.63) is 17.0 Å². The summed E-state index contributed by atoms with van der Waals surface area (Å²) < 4.78 is 64.0. The zero-order valence-electron chi connectivity index (χ0n) is 10.3. The number of aromatic nitrogens is 2. The first-order valence-electron chi connectivity index (χ1n) is 5.45. The lowest BCUT2D eigenvalue weighted by Gasteiger charge is -2.28. The highest BCUT2D eigenvalue weighted by Gasteiger charge is 2.41. The van der Waals surface area contributed by atoms with E-state index in [-0.39, 0.29) is 25.1 Å². The lowest BCUT2D eigenvalue weighted by atomic mass is 10.1. The van der Waals surface area contributed by atoms with Gasteiger partial charge in [0.05, 0.1) is 0 Å². The van der Waals surface area contributed by atoms with Crippen LogP contribution in [0, 0.1) is 0 Å². The highest BCUT2D eigenvalue weighted by atomic mass is 32.2. The topological polar surface area (TPSA) is 69.3 Å². The predicted molar refractivity (Wildman–Crippen MR) is 60.3 cm³/mol. The molecule has 0 spiro atoms. The van der Waals surface area contributed by atoms with Gasteiger partial charge in [0.2, 0.25) is 0 Å². The molecule has 1 aromatic rings. The number of fused-ring (bicyclic) bond motifs is 1. The van der Waals surface area contributed by atoms with Gasteiger partial charge in [0.1, 0.15) is 0 Å². The molecule has 0 aromatic carbocycles. The number of rotatable bonds is 2. The van der Waals surface area contributed by atoms with Gasteiger partial charge in [-0.25, -0.2) is 0 Å². The van der Waals surface area contributed by atoms with Crippen LogP contribution in [0.15, 0.2) is 0 Å². The molecule has 0 unspecified atom stereocenters. The van der Waals surface area contributed by atoms with Crippen LogP contribution in [-0.4, -0.2) is 47.9 Å². The first-order valence-corrected chi connectivity index (χ1v) is 6.84. The summed E-state index contributed by atoms with van der Waals surface area (Å²) in [6.45, 7) is -0.186. The van der Waals surface area contributed by atoms with E-state index in [1.165, 1.54) is 14.1 Å². The van der Waals surface area contributed by atoms with E-state index < -0.39 is 22.1 Å². The summed E-state index contributed by atoms with van der Waals surface area (Å²) in [4.78, 5) is 0. The molecular weight excluding hydrogens is 285 g/mol. The molecule has 0 atom stereocenters. The lowest BCUT2D eigenvalue weighted by Crippen LogP contribution is -2.43. The zero-order chi connectivity index (χ0) is 14.4. The minimum Gasteiger partial charge on any atom is -0.282 e. The molecule has 6 nitrogen and oxygen atoms in total. The molecule has 0 radical (unpaired) electrons. The number of nitrogens with one attached hydrogen (secondary N) is 1. The largest absolute Gasteiger partial charge is 0.435 e. The monoisotopic (exact) mass is 298 g/mol. The van der Waals surface area contributed by atoms with Gasteiger partial charge in [0, 0.05) is 44.9 Å². The predicted octanol–water partition coefficient (Wildman–Crippen LogP) is 0.593. The minimum absolute atomic E-state index is 0.0934. The fourth-order valence-corrected chi connectivity index (χ4v) is 3.01. The average molecular weight is 298 g/mol. The van der Waals surface area contributed by atoms with Crippen molar-refractivity contribution in [2.24, 2.45) is 0 Å². The Labute approximate surface area is 108 Å². The molecule has 1 N–H and O–H groups in total. The molecule has 19 heavy (non-hydrogen) atoms. The van der Waals surface area contributed by atoms with Gasteiger partial charge in [-0.3, -0.25) is 5.10 Å². The van der Waals surface area contributed by atoms with Crippen molar-refractivity contribution >= 4 is 10.2 Å². The second-order valence-electron chi connectivity index (χ2n) is 4.40. The molecule has 108 valence electrons. The molecule has 0 saturated heterocycles. The molecule has 0 aliphatic carbocycles. The molecular formula is C9H13F3N4O2S. The average Bonchev–Trinajstić information content (AvgIpc) is 2.70. The molecule has 2 rings (SSSR count). The van der Waals surface area contributed by atoms with E-state index in [1.807, 2.05) is 0 Å². The van der Waals surface area contributed by atoms with Crippen molar-refractivity contribution in [2.45, 2.75) is 19.1 Å². The molecule has 1 aliphatic rings. The highest BCUT2D eigenvalue weighted by molar-refractivity contribution is 7.86. The Bertz CT molecular complexity index is 579. The van der Waals surface area contributed by atoms with E-state index in [1.54, 1.807) is 0 Å². The number of alkyl halides is 3. The molecule has 0 fully saturated rings. The second kappa shape index (κ2) is 4.46. The molecule has 0 saturated carbocycles. The normalized spacial score (nSPS) is 17.8. The van der Waals surface area contributed by atoms with E-state index in [0.717, 1.165) is 8.61 Å². The van der Waals surface area contributed by atoms with Crippen LogP contribution in [0.4, 0.5) is 13.2 Å². The molecule has 1 aromatic heterocycles. The van der Waals surface area contributed by atoms with Crippen molar-refractivity contribution in [1.82, 2.24) is 18.8 Å². The third-order valence-corrected chi connectivity index (χ3v) is 4.84. The Morgan fingerprint density at radius 3 is 2.53 bits per heavy atom. The van der Waals surface area contributed by atoms with Gasteiger partial charge in [0.15, 0.2) is 5.69 Å². The number of hydrogen-bond donors (Lipinski definition) is 1. The summed E-state index contributed by atoms with van der Waals surface area (Å²) in [5.74, 6) is 0. The van der Waals surface area contributed by atoms with E-state index in [0.29, 0.717) is 5.69 Å². The highest BCUT2D eigenvalue weighted by Crippen LogP contribution is 2.34. The van der Waals surface area contributed by atoms with Crippen LogP contribution in [0.2, 0.25) is 0 Å². The van der Waals surface area contributed by atoms with Crippen LogP contribution in [0.1, 0.15) is 17.0 Å². The maximum absolute atomic E-state index is 12.7. The third-order valence-electron chi connectivity index (χ3n) is 2.95. The Kier molecular flexibility index (Phi) is 3.35. The van der Waals surface area contributed by atoms with Crippen molar-refractivity contribution in [2.75, 3.05) is 20.6 Å². The van der Waals surface area contributed by atoms with Gasteiger partial charge in [0.25, 0.3) is 10.2 Å². The van der Waals surface area contributed by atoms with E-state index >= 15 is 0 Å². The molecule has 1 aliphatic heterocycles. The Morgan fingerprint density at radius 1 is 1.37 bits per heavy atom. The molecule has 0 amide bonds. The van der Waals surface area contributed by atoms with Gasteiger partial charge < -0.3 is 0 Å². The van der Waals surface area contributed by atoms with Crippen LogP contribution in [0.5, 0.6) is 0 Å². The lowest BCUT2D eigenvalue weighted by molar-refractivity contribution is -0.142. The maximum Gasteiger partial charge on any atom is 0.435 e. The van der Waals surface area contributed by atoms with Gasteiger partial charge in [-0.2, -0.15) is 35.3 Å². The molecule has 0 bridgehead atoms. The zero-order valence-corrected chi connectivity index (χ0v) is 11.1. The maximum atomic E-state index is 12.7. The molecule has 10 heteroatoms. The van der Waals surface area contributed by atoms with Gasteiger partial charge >= 0.3 is 6.18 Å². The van der Waals surface area contributed by atoms with Crippen molar-refractivity contribution in [3.8, 4) is 0 Å². The quantitative estimate of drug-likeness (QED) is 0.869. The number of hydrogen-bond acceptors (Lipinski definition) is 3. The summed E-state index contributed by atoms with van der Waals surface area (Å²) in [6.07, 6.45) is -4.40. The third kappa shape index (κ3) is 2.47. The summed E-state index contributed by atoms with van der Waals surface area (Å²) in [5, 5.41) is 5.57. The summed E-state index contributed by atoms with van der Waals surface area (Å²) >= 11 is 0. The molecule has 2 heterocycles. The SMILES string of the molecule is CN(C)S(=O)(=O)N1CCc2[nH]nc(C(F)(F)F)c2C1. The standard InChI is InChI=1S/C9H13F3N4O2S/c1-15(2)19(17,18)16-4-3-7-6(5-16)8(14-13-7)9(10,11)12/h3-5H2,1-2H3,(H,13,14). The number of H-pyrrole nitrogens is 1. The fraction of sp³-hybridized carbons (Fsp3) is 0.667. The van der Waals surface area contributed by atoms with E-state index in [4.69, 9.17) is 0 Å².